The van der Waals surface area contributed by atoms with E-state index < -0.39 is 0 Å². The molecule has 1 aliphatic rings. The molecule has 1 atom stereocenters. The third-order valence-electron chi connectivity index (χ3n) is 3.12. The summed E-state index contributed by atoms with van der Waals surface area (Å²) >= 11 is 0. The van der Waals surface area contributed by atoms with Crippen molar-refractivity contribution in [3.8, 4) is 0 Å². The van der Waals surface area contributed by atoms with Gasteiger partial charge in [0.15, 0.2) is 0 Å². The lowest BCUT2D eigenvalue weighted by Gasteiger charge is -2.36. The number of ether oxygens (including phenoxy) is 1. The Hall–Kier alpha value is -0.930. The molecular weight excluding hydrogens is 188 g/mol. The van der Waals surface area contributed by atoms with E-state index in [9.17, 15) is 0 Å². The zero-order valence-electron chi connectivity index (χ0n) is 9.31. The fourth-order valence-electron chi connectivity index (χ4n) is 2.00. The van der Waals surface area contributed by atoms with E-state index in [1.54, 1.807) is 7.11 Å². The molecule has 1 fully saturated rings. The predicted octanol–water partition coefficient (Wildman–Crippen LogP) is 1.91. The maximum Gasteiger partial charge on any atom is 0.0601 e. The van der Waals surface area contributed by atoms with E-state index in [-0.39, 0.29) is 0 Å². The Morgan fingerprint density at radius 3 is 2.67 bits per heavy atom. The number of aromatic nitrogens is 1. The Bertz CT molecular complexity index is 296. The van der Waals surface area contributed by atoms with Crippen molar-refractivity contribution in [3.63, 3.8) is 0 Å². The van der Waals surface area contributed by atoms with Crippen LogP contribution in [-0.4, -0.2) is 24.2 Å². The first-order chi connectivity index (χ1) is 7.29. The maximum absolute atomic E-state index is 5.25. The summed E-state index contributed by atoms with van der Waals surface area (Å²) in [6, 6.07) is 5.13. The summed E-state index contributed by atoms with van der Waals surface area (Å²) in [5.41, 5.74) is 1.30. The van der Waals surface area contributed by atoms with Crippen LogP contribution in [0.2, 0.25) is 0 Å². The molecule has 0 amide bonds. The fraction of sp³-hybridized carbons (Fsp3) is 0.583. The third-order valence-corrected chi connectivity index (χ3v) is 3.12. The van der Waals surface area contributed by atoms with Crippen LogP contribution in [0.1, 0.15) is 31.4 Å². The smallest absolute Gasteiger partial charge is 0.0601 e. The summed E-state index contributed by atoms with van der Waals surface area (Å²) in [6.45, 7) is 2.19. The van der Waals surface area contributed by atoms with Gasteiger partial charge in [-0.05, 0) is 37.5 Å². The first-order valence-corrected chi connectivity index (χ1v) is 5.48. The van der Waals surface area contributed by atoms with Crippen molar-refractivity contribution in [3.05, 3.63) is 30.1 Å². The van der Waals surface area contributed by atoms with E-state index in [1.165, 1.54) is 5.56 Å². The second-order valence-corrected chi connectivity index (χ2v) is 4.19. The van der Waals surface area contributed by atoms with Gasteiger partial charge in [-0.2, -0.15) is 0 Å². The van der Waals surface area contributed by atoms with Gasteiger partial charge in [-0.25, -0.2) is 0 Å². The number of nitrogens with zero attached hydrogens (tertiary/aromatic N) is 1. The molecule has 3 heteroatoms. The van der Waals surface area contributed by atoms with Gasteiger partial charge in [-0.1, -0.05) is 0 Å². The van der Waals surface area contributed by atoms with Crippen LogP contribution in [0.4, 0.5) is 0 Å². The number of hydrogen-bond acceptors (Lipinski definition) is 3. The van der Waals surface area contributed by atoms with Crippen molar-refractivity contribution in [2.24, 2.45) is 0 Å². The molecule has 0 aliphatic heterocycles. The molecule has 15 heavy (non-hydrogen) atoms. The van der Waals surface area contributed by atoms with Crippen molar-refractivity contribution >= 4 is 0 Å². The number of pyridine rings is 1. The van der Waals surface area contributed by atoms with Crippen LogP contribution in [0.3, 0.4) is 0 Å². The molecule has 1 aromatic rings. The molecule has 82 valence electrons. The maximum atomic E-state index is 5.25. The Kier molecular flexibility index (Phi) is 3.34. The van der Waals surface area contributed by atoms with Crippen LogP contribution in [0.15, 0.2) is 24.5 Å². The van der Waals surface area contributed by atoms with Crippen molar-refractivity contribution in [2.45, 2.75) is 38.0 Å². The molecule has 0 radical (unpaired) electrons. The Morgan fingerprint density at radius 2 is 2.07 bits per heavy atom. The van der Waals surface area contributed by atoms with Gasteiger partial charge in [-0.3, -0.25) is 4.98 Å². The lowest BCUT2D eigenvalue weighted by molar-refractivity contribution is 0.0147. The molecule has 0 saturated heterocycles. The SMILES string of the molecule is COC1CC(N[C@H](C)c2ccncc2)C1. The highest BCUT2D eigenvalue weighted by Gasteiger charge is 2.29. The van der Waals surface area contributed by atoms with Gasteiger partial charge in [0, 0.05) is 31.6 Å². The van der Waals surface area contributed by atoms with Gasteiger partial charge in [0.2, 0.25) is 0 Å². The van der Waals surface area contributed by atoms with Crippen molar-refractivity contribution in [1.29, 1.82) is 0 Å². The number of rotatable bonds is 4. The van der Waals surface area contributed by atoms with E-state index in [4.69, 9.17) is 4.74 Å². The van der Waals surface area contributed by atoms with Gasteiger partial charge < -0.3 is 10.1 Å². The lowest BCUT2D eigenvalue weighted by atomic mass is 9.88. The Morgan fingerprint density at radius 1 is 1.40 bits per heavy atom. The number of nitrogens with one attached hydrogen (secondary N) is 1. The van der Waals surface area contributed by atoms with Crippen LogP contribution >= 0.6 is 0 Å². The minimum atomic E-state index is 0.399. The normalized spacial score (nSPS) is 27.1. The molecule has 1 N–H and O–H groups in total. The van der Waals surface area contributed by atoms with Gasteiger partial charge >= 0.3 is 0 Å². The Balaban J connectivity index is 1.81. The highest BCUT2D eigenvalue weighted by atomic mass is 16.5. The number of hydrogen-bond donors (Lipinski definition) is 1. The molecular formula is C12H18N2O. The van der Waals surface area contributed by atoms with E-state index in [1.807, 2.05) is 12.4 Å². The lowest BCUT2D eigenvalue weighted by Crippen LogP contribution is -2.45. The molecule has 0 aromatic carbocycles. The Labute approximate surface area is 90.9 Å². The quantitative estimate of drug-likeness (QED) is 0.817. The van der Waals surface area contributed by atoms with E-state index in [0.717, 1.165) is 12.8 Å². The number of methoxy groups -OCH3 is 1. The summed E-state index contributed by atoms with van der Waals surface area (Å²) in [7, 11) is 1.78. The van der Waals surface area contributed by atoms with Crippen LogP contribution < -0.4 is 5.32 Å². The molecule has 3 nitrogen and oxygen atoms in total. The van der Waals surface area contributed by atoms with Gasteiger partial charge in [0.25, 0.3) is 0 Å². The van der Waals surface area contributed by atoms with Crippen LogP contribution in [-0.2, 0) is 4.74 Å². The van der Waals surface area contributed by atoms with Crippen LogP contribution in [0.25, 0.3) is 0 Å². The summed E-state index contributed by atoms with van der Waals surface area (Å²) in [6.07, 6.45) is 6.41. The average Bonchev–Trinajstić information content (AvgIpc) is 2.23. The molecule has 0 unspecified atom stereocenters. The highest BCUT2D eigenvalue weighted by Crippen LogP contribution is 2.25. The molecule has 1 saturated carbocycles. The fourth-order valence-corrected chi connectivity index (χ4v) is 2.00. The molecule has 1 aromatic heterocycles. The second-order valence-electron chi connectivity index (χ2n) is 4.19. The van der Waals surface area contributed by atoms with Gasteiger partial charge in [0.1, 0.15) is 0 Å². The molecule has 0 spiro atoms. The zero-order chi connectivity index (χ0) is 10.7. The molecule has 1 heterocycles. The van der Waals surface area contributed by atoms with Crippen molar-refractivity contribution in [1.82, 2.24) is 10.3 Å². The first-order valence-electron chi connectivity index (χ1n) is 5.48. The van der Waals surface area contributed by atoms with E-state index in [0.29, 0.717) is 18.2 Å². The van der Waals surface area contributed by atoms with Crippen molar-refractivity contribution < 1.29 is 4.74 Å². The molecule has 2 rings (SSSR count). The zero-order valence-corrected chi connectivity index (χ0v) is 9.31. The summed E-state index contributed by atoms with van der Waals surface area (Å²) < 4.78 is 5.25. The first kappa shape index (κ1) is 10.6. The summed E-state index contributed by atoms with van der Waals surface area (Å²) in [5, 5.41) is 3.59. The largest absolute Gasteiger partial charge is 0.381 e. The van der Waals surface area contributed by atoms with Crippen LogP contribution in [0.5, 0.6) is 0 Å². The third kappa shape index (κ3) is 2.55. The minimum absolute atomic E-state index is 0.399. The van der Waals surface area contributed by atoms with Gasteiger partial charge in [0.05, 0.1) is 6.10 Å². The predicted molar refractivity (Wildman–Crippen MR) is 59.6 cm³/mol. The van der Waals surface area contributed by atoms with E-state index in [2.05, 4.69) is 29.4 Å². The van der Waals surface area contributed by atoms with Gasteiger partial charge in [-0.15, -0.1) is 0 Å². The average molecular weight is 206 g/mol. The van der Waals surface area contributed by atoms with Crippen molar-refractivity contribution in [2.75, 3.05) is 7.11 Å². The minimum Gasteiger partial charge on any atom is -0.381 e. The summed E-state index contributed by atoms with van der Waals surface area (Å²) in [5.74, 6) is 0. The van der Waals surface area contributed by atoms with E-state index >= 15 is 0 Å². The standard InChI is InChI=1S/C12H18N2O/c1-9(10-3-5-13-6-4-10)14-11-7-12(8-11)15-2/h3-6,9,11-12,14H,7-8H2,1-2H3/t9-,11?,12?/m1/s1. The topological polar surface area (TPSA) is 34.1 Å². The van der Waals surface area contributed by atoms with Crippen LogP contribution in [0, 0.1) is 0 Å². The second kappa shape index (κ2) is 4.73. The highest BCUT2D eigenvalue weighted by molar-refractivity contribution is 5.14. The molecule has 1 aliphatic carbocycles. The monoisotopic (exact) mass is 206 g/mol. The summed E-state index contributed by atoms with van der Waals surface area (Å²) in [4.78, 5) is 4.02. The molecule has 0 bridgehead atoms.